The van der Waals surface area contributed by atoms with Crippen molar-refractivity contribution >= 4 is 64.1 Å². The van der Waals surface area contributed by atoms with E-state index in [1.807, 2.05) is 11.3 Å². The third-order valence-electron chi connectivity index (χ3n) is 13.3. The Morgan fingerprint density at radius 1 is 0.453 bits per heavy atom. The second kappa shape index (κ2) is 14.7. The average molecular weight is 837 g/mol. The summed E-state index contributed by atoms with van der Waals surface area (Å²) in [7, 11) is 0. The van der Waals surface area contributed by atoms with Crippen molar-refractivity contribution < 1.29 is 0 Å². The summed E-state index contributed by atoms with van der Waals surface area (Å²) in [6.45, 7) is 2.20. The molecule has 0 N–H and O–H groups in total. The van der Waals surface area contributed by atoms with E-state index in [4.69, 9.17) is 15.0 Å². The first-order chi connectivity index (χ1) is 31.6. The van der Waals surface area contributed by atoms with Gasteiger partial charge in [0.05, 0.1) is 21.4 Å². The molecule has 1 saturated carbocycles. The summed E-state index contributed by atoms with van der Waals surface area (Å²) in [4.78, 5) is 16.2. The second-order valence-corrected chi connectivity index (χ2v) is 18.2. The molecule has 3 heterocycles. The number of fused-ring (bicyclic) bond motifs is 7. The molecule has 1 aliphatic carbocycles. The number of rotatable bonds is 7. The molecular formula is C59H40N4S. The average Bonchev–Trinajstić information content (AvgIpc) is 3.98. The fourth-order valence-electron chi connectivity index (χ4n) is 10.0. The van der Waals surface area contributed by atoms with Gasteiger partial charge < -0.3 is 4.57 Å². The van der Waals surface area contributed by atoms with Crippen LogP contribution < -0.4 is 0 Å². The van der Waals surface area contributed by atoms with Gasteiger partial charge in [-0.3, -0.25) is 0 Å². The van der Waals surface area contributed by atoms with E-state index in [0.29, 0.717) is 17.6 Å². The van der Waals surface area contributed by atoms with Gasteiger partial charge in [-0.15, -0.1) is 11.3 Å². The van der Waals surface area contributed by atoms with Crippen LogP contribution >= 0.6 is 11.3 Å². The topological polar surface area (TPSA) is 43.6 Å². The SMILES string of the molecule is Cc1ccccc1-c1ccccc1C1CC1c1nc(-c2ccc(-c3ccccc3)cc2)nc(-c2cc(-n3c4ccccc4c4cc5ccccc5cc43)c3sc4ccccc4c3c2)n1. The molecule has 1 fully saturated rings. The molecule has 0 amide bonds. The Morgan fingerprint density at radius 2 is 1.09 bits per heavy atom. The van der Waals surface area contributed by atoms with Crippen LogP contribution in [0.2, 0.25) is 0 Å². The van der Waals surface area contributed by atoms with Gasteiger partial charge in [-0.1, -0.05) is 164 Å². The number of thiophene rings is 1. The molecule has 0 saturated heterocycles. The maximum atomic E-state index is 5.48. The summed E-state index contributed by atoms with van der Waals surface area (Å²) in [6, 6.07) is 72.4. The van der Waals surface area contributed by atoms with Gasteiger partial charge in [0, 0.05) is 43.3 Å². The zero-order valence-corrected chi connectivity index (χ0v) is 35.9. The maximum Gasteiger partial charge on any atom is 0.163 e. The third kappa shape index (κ3) is 6.07. The number of benzene rings is 9. The van der Waals surface area contributed by atoms with Gasteiger partial charge in [-0.25, -0.2) is 15.0 Å². The van der Waals surface area contributed by atoms with Crippen molar-refractivity contribution in [2.24, 2.45) is 0 Å². The molecule has 0 radical (unpaired) electrons. The highest BCUT2D eigenvalue weighted by Crippen LogP contribution is 2.56. The number of aromatic nitrogens is 4. The van der Waals surface area contributed by atoms with Crippen LogP contribution in [0.1, 0.15) is 35.2 Å². The molecule has 2 atom stereocenters. The van der Waals surface area contributed by atoms with Gasteiger partial charge in [0.2, 0.25) is 0 Å². The minimum Gasteiger partial charge on any atom is -0.308 e. The third-order valence-corrected chi connectivity index (χ3v) is 14.5. The van der Waals surface area contributed by atoms with Crippen LogP contribution in [0.5, 0.6) is 0 Å². The summed E-state index contributed by atoms with van der Waals surface area (Å²) >= 11 is 1.85. The maximum absolute atomic E-state index is 5.48. The Kier molecular flexibility index (Phi) is 8.46. The quantitative estimate of drug-likeness (QED) is 0.161. The first-order valence-corrected chi connectivity index (χ1v) is 22.9. The highest BCUT2D eigenvalue weighted by atomic mass is 32.1. The van der Waals surface area contributed by atoms with Gasteiger partial charge in [0.1, 0.15) is 5.82 Å². The first kappa shape index (κ1) is 36.9. The van der Waals surface area contributed by atoms with E-state index >= 15 is 0 Å². The monoisotopic (exact) mass is 836 g/mol. The van der Waals surface area contributed by atoms with E-state index in [1.165, 1.54) is 80.6 Å². The van der Waals surface area contributed by atoms with E-state index in [1.54, 1.807) is 0 Å². The van der Waals surface area contributed by atoms with E-state index in [0.717, 1.165) is 34.6 Å². The number of aryl methyl sites for hydroxylation is 1. The van der Waals surface area contributed by atoms with Crippen LogP contribution in [0.25, 0.3) is 103 Å². The van der Waals surface area contributed by atoms with E-state index < -0.39 is 0 Å². The lowest BCUT2D eigenvalue weighted by Gasteiger charge is -2.14. The molecule has 0 aliphatic heterocycles. The molecular weight excluding hydrogens is 797 g/mol. The largest absolute Gasteiger partial charge is 0.308 e. The van der Waals surface area contributed by atoms with Gasteiger partial charge in [0.15, 0.2) is 11.6 Å². The second-order valence-electron chi connectivity index (χ2n) is 17.2. The molecule has 302 valence electrons. The van der Waals surface area contributed by atoms with Crippen molar-refractivity contribution in [2.75, 3.05) is 0 Å². The molecule has 5 heteroatoms. The van der Waals surface area contributed by atoms with Crippen molar-refractivity contribution in [1.29, 1.82) is 0 Å². The van der Waals surface area contributed by atoms with Gasteiger partial charge in [-0.05, 0) is 99.8 Å². The Bertz CT molecular complexity index is 3790. The van der Waals surface area contributed by atoms with Crippen molar-refractivity contribution in [3.05, 3.63) is 217 Å². The van der Waals surface area contributed by atoms with Crippen LogP contribution in [0.15, 0.2) is 200 Å². The lowest BCUT2D eigenvalue weighted by Crippen LogP contribution is -2.04. The van der Waals surface area contributed by atoms with Crippen molar-refractivity contribution in [3.8, 4) is 50.7 Å². The van der Waals surface area contributed by atoms with Crippen molar-refractivity contribution in [1.82, 2.24) is 19.5 Å². The molecule has 64 heavy (non-hydrogen) atoms. The Balaban J connectivity index is 1.03. The molecule has 9 aromatic carbocycles. The van der Waals surface area contributed by atoms with Gasteiger partial charge >= 0.3 is 0 Å². The fourth-order valence-corrected chi connectivity index (χ4v) is 11.2. The van der Waals surface area contributed by atoms with Crippen molar-refractivity contribution in [3.63, 3.8) is 0 Å². The van der Waals surface area contributed by atoms with E-state index in [2.05, 4.69) is 212 Å². The van der Waals surface area contributed by atoms with Gasteiger partial charge in [0.25, 0.3) is 0 Å². The number of nitrogens with zero attached hydrogens (tertiary/aromatic N) is 4. The van der Waals surface area contributed by atoms with Crippen LogP contribution in [0.3, 0.4) is 0 Å². The Morgan fingerprint density at radius 3 is 1.92 bits per heavy atom. The smallest absolute Gasteiger partial charge is 0.163 e. The minimum absolute atomic E-state index is 0.157. The molecule has 12 aromatic rings. The molecule has 0 bridgehead atoms. The standard InChI is InChI=1S/C59H40N4S/c1-36-15-5-8-20-43(36)44-21-9-10-22-45(44)48-35-51(48)59-61-57(39-29-27-38(28-30-39)37-16-3-2-4-17-37)60-58(62-59)42-32-50-47-24-12-14-26-55(47)64-56(50)54(34-42)63-52-25-13-11-23-46(52)49-31-40-18-6-7-19-41(40)33-53(49)63/h2-34,48,51H,35H2,1H3. The summed E-state index contributed by atoms with van der Waals surface area (Å²) in [5.74, 6) is 2.68. The summed E-state index contributed by atoms with van der Waals surface area (Å²) < 4.78 is 4.97. The zero-order chi connectivity index (χ0) is 42.3. The highest BCUT2D eigenvalue weighted by Gasteiger charge is 2.43. The zero-order valence-electron chi connectivity index (χ0n) is 35.1. The Labute approximate surface area is 374 Å². The lowest BCUT2D eigenvalue weighted by molar-refractivity contribution is 0.874. The summed E-state index contributed by atoms with van der Waals surface area (Å²) in [5, 5.41) is 7.36. The van der Waals surface area contributed by atoms with Gasteiger partial charge in [-0.2, -0.15) is 0 Å². The van der Waals surface area contributed by atoms with E-state index in [9.17, 15) is 0 Å². The molecule has 4 nitrogen and oxygen atoms in total. The lowest BCUT2D eigenvalue weighted by atomic mass is 9.93. The first-order valence-electron chi connectivity index (χ1n) is 22.1. The fraction of sp³-hybridized carbons (Fsp3) is 0.0678. The molecule has 0 spiro atoms. The number of para-hydroxylation sites is 1. The Hall–Kier alpha value is -7.73. The molecule has 2 unspecified atom stereocenters. The predicted octanol–water partition coefficient (Wildman–Crippen LogP) is 15.7. The van der Waals surface area contributed by atoms with Crippen LogP contribution in [0, 0.1) is 6.92 Å². The minimum atomic E-state index is 0.157. The molecule has 3 aromatic heterocycles. The van der Waals surface area contributed by atoms with Crippen LogP contribution in [-0.2, 0) is 0 Å². The van der Waals surface area contributed by atoms with Crippen LogP contribution in [0.4, 0.5) is 0 Å². The number of hydrogen-bond donors (Lipinski definition) is 0. The van der Waals surface area contributed by atoms with E-state index in [-0.39, 0.29) is 5.92 Å². The van der Waals surface area contributed by atoms with Crippen molar-refractivity contribution in [2.45, 2.75) is 25.2 Å². The molecule has 1 aliphatic rings. The molecule has 13 rings (SSSR count). The van der Waals surface area contributed by atoms with Crippen LogP contribution in [-0.4, -0.2) is 19.5 Å². The normalized spacial score (nSPS) is 14.9. The highest BCUT2D eigenvalue weighted by molar-refractivity contribution is 7.26. The number of hydrogen-bond acceptors (Lipinski definition) is 4. The summed E-state index contributed by atoms with van der Waals surface area (Å²) in [5.41, 5.74) is 13.0. The predicted molar refractivity (Wildman–Crippen MR) is 268 cm³/mol. The summed E-state index contributed by atoms with van der Waals surface area (Å²) in [6.07, 6.45) is 0.980.